The third-order valence-corrected chi connectivity index (χ3v) is 9.47. The van der Waals surface area contributed by atoms with E-state index in [9.17, 15) is 9.59 Å². The molecule has 0 bridgehead atoms. The molecule has 2 aromatic heterocycles. The number of primary amides is 1. The van der Waals surface area contributed by atoms with Crippen LogP contribution in [0.3, 0.4) is 0 Å². The van der Waals surface area contributed by atoms with Crippen molar-refractivity contribution in [3.63, 3.8) is 0 Å². The maximum atomic E-state index is 12.5. The molecule has 0 aliphatic carbocycles. The molecule has 0 saturated carbocycles. The van der Waals surface area contributed by atoms with Crippen LogP contribution < -0.4 is 11.1 Å². The number of likely N-dealkylation sites (tertiary alicyclic amines) is 1. The molecule has 1 fully saturated rings. The Balaban J connectivity index is 1.22. The van der Waals surface area contributed by atoms with Gasteiger partial charge in [-0.3, -0.25) is 14.5 Å². The number of thioether (sulfide) groups is 1. The number of benzene rings is 1. The standard InChI is InChI=1S/C23H25Cl2N5O2S3/c1-13-22(18-11-33-21(29-18)9-19(26)31)35-23(27-13)34-12-20(32)28-15-4-6-30(7-5-15)10-14-2-3-16(24)17(25)8-14/h2-3,8,11,15H,4-7,9-10,12H2,1H3,(H2,26,31)(H,28,32). The van der Waals surface area contributed by atoms with E-state index in [1.807, 2.05) is 30.5 Å². The van der Waals surface area contributed by atoms with Crippen LogP contribution in [0.5, 0.6) is 0 Å². The third kappa shape index (κ3) is 7.41. The first-order valence-corrected chi connectivity index (χ1v) is 14.5. The summed E-state index contributed by atoms with van der Waals surface area (Å²) in [6.45, 7) is 4.58. The van der Waals surface area contributed by atoms with Crippen LogP contribution in [-0.4, -0.2) is 51.6 Å². The lowest BCUT2D eigenvalue weighted by Crippen LogP contribution is -2.44. The van der Waals surface area contributed by atoms with Crippen molar-refractivity contribution in [1.82, 2.24) is 20.2 Å². The van der Waals surface area contributed by atoms with Gasteiger partial charge in [0.25, 0.3) is 0 Å². The van der Waals surface area contributed by atoms with Crippen molar-refractivity contribution >= 4 is 69.5 Å². The van der Waals surface area contributed by atoms with Crippen molar-refractivity contribution in [3.8, 4) is 10.6 Å². The number of carbonyl (C=O) groups is 2. The molecule has 3 heterocycles. The largest absolute Gasteiger partial charge is 0.369 e. The number of carbonyl (C=O) groups excluding carboxylic acids is 2. The molecule has 35 heavy (non-hydrogen) atoms. The van der Waals surface area contributed by atoms with Gasteiger partial charge < -0.3 is 11.1 Å². The molecule has 3 aromatic rings. The molecule has 0 spiro atoms. The number of aromatic nitrogens is 2. The second kappa shape index (κ2) is 12.0. The summed E-state index contributed by atoms with van der Waals surface area (Å²) in [4.78, 5) is 36.1. The number of aryl methyl sites for hydroxylation is 1. The van der Waals surface area contributed by atoms with Gasteiger partial charge >= 0.3 is 0 Å². The Kier molecular flexibility index (Phi) is 9.07. The van der Waals surface area contributed by atoms with E-state index in [1.165, 1.54) is 34.4 Å². The minimum atomic E-state index is -0.397. The number of hydrogen-bond donors (Lipinski definition) is 2. The molecular weight excluding hydrogens is 545 g/mol. The van der Waals surface area contributed by atoms with Crippen LogP contribution in [0.15, 0.2) is 27.9 Å². The Morgan fingerprint density at radius 1 is 1.23 bits per heavy atom. The molecular formula is C23H25Cl2N5O2S3. The maximum Gasteiger partial charge on any atom is 0.230 e. The number of nitrogens with zero attached hydrogens (tertiary/aromatic N) is 3. The van der Waals surface area contributed by atoms with Crippen LogP contribution in [0.2, 0.25) is 10.0 Å². The SMILES string of the molecule is Cc1nc(SCC(=O)NC2CCN(Cc3ccc(Cl)c(Cl)c3)CC2)sc1-c1csc(CC(N)=O)n1. The zero-order valence-electron chi connectivity index (χ0n) is 19.1. The van der Waals surface area contributed by atoms with Gasteiger partial charge in [0.1, 0.15) is 5.01 Å². The maximum absolute atomic E-state index is 12.5. The minimum Gasteiger partial charge on any atom is -0.369 e. The smallest absolute Gasteiger partial charge is 0.230 e. The number of amides is 2. The average Bonchev–Trinajstić information content (AvgIpc) is 3.41. The number of halogens is 2. The highest BCUT2D eigenvalue weighted by Gasteiger charge is 2.21. The fraction of sp³-hybridized carbons (Fsp3) is 0.391. The lowest BCUT2D eigenvalue weighted by Gasteiger charge is -2.32. The van der Waals surface area contributed by atoms with Crippen LogP contribution in [0.4, 0.5) is 0 Å². The second-order valence-electron chi connectivity index (χ2n) is 8.32. The van der Waals surface area contributed by atoms with Crippen LogP contribution in [0.25, 0.3) is 10.6 Å². The highest BCUT2D eigenvalue weighted by Crippen LogP contribution is 2.35. The van der Waals surface area contributed by atoms with E-state index in [0.29, 0.717) is 20.8 Å². The lowest BCUT2D eigenvalue weighted by molar-refractivity contribution is -0.119. The van der Waals surface area contributed by atoms with Crippen molar-refractivity contribution in [2.24, 2.45) is 5.73 Å². The molecule has 2 amide bonds. The van der Waals surface area contributed by atoms with Gasteiger partial charge in [-0.1, -0.05) is 41.0 Å². The average molecular weight is 571 g/mol. The van der Waals surface area contributed by atoms with E-state index in [2.05, 4.69) is 20.2 Å². The molecule has 0 unspecified atom stereocenters. The van der Waals surface area contributed by atoms with E-state index in [1.54, 1.807) is 0 Å². The topological polar surface area (TPSA) is 101 Å². The van der Waals surface area contributed by atoms with Gasteiger partial charge in [0.05, 0.1) is 38.5 Å². The van der Waals surface area contributed by atoms with Crippen LogP contribution >= 0.6 is 57.6 Å². The number of piperidine rings is 1. The summed E-state index contributed by atoms with van der Waals surface area (Å²) < 4.78 is 0.827. The molecule has 1 aliphatic heterocycles. The highest BCUT2D eigenvalue weighted by molar-refractivity contribution is 8.01. The third-order valence-electron chi connectivity index (χ3n) is 5.56. The van der Waals surface area contributed by atoms with Crippen molar-refractivity contribution < 1.29 is 9.59 Å². The summed E-state index contributed by atoms with van der Waals surface area (Å²) in [7, 11) is 0. The molecule has 1 aromatic carbocycles. The van der Waals surface area contributed by atoms with Gasteiger partial charge in [-0.05, 0) is 37.5 Å². The van der Waals surface area contributed by atoms with Crippen LogP contribution in [-0.2, 0) is 22.6 Å². The first-order chi connectivity index (χ1) is 16.8. The second-order valence-corrected chi connectivity index (χ2v) is 12.3. The number of nitrogens with two attached hydrogens (primary N) is 1. The summed E-state index contributed by atoms with van der Waals surface area (Å²) in [6.07, 6.45) is 1.96. The van der Waals surface area contributed by atoms with E-state index >= 15 is 0 Å². The Hall–Kier alpha value is -1.69. The van der Waals surface area contributed by atoms with Crippen LogP contribution in [0.1, 0.15) is 29.1 Å². The molecule has 0 atom stereocenters. The number of nitrogens with one attached hydrogen (secondary N) is 1. The Bertz CT molecular complexity index is 1210. The van der Waals surface area contributed by atoms with Gasteiger partial charge in [0.15, 0.2) is 4.34 Å². The van der Waals surface area contributed by atoms with E-state index in [-0.39, 0.29) is 18.4 Å². The van der Waals surface area contributed by atoms with Crippen molar-refractivity contribution in [2.75, 3.05) is 18.8 Å². The van der Waals surface area contributed by atoms with Gasteiger partial charge in [0, 0.05) is 31.1 Å². The minimum absolute atomic E-state index is 0.0183. The van der Waals surface area contributed by atoms with Gasteiger partial charge in [-0.2, -0.15) is 0 Å². The molecule has 3 N–H and O–H groups in total. The molecule has 1 aliphatic rings. The molecule has 1 saturated heterocycles. The number of hydrogen-bond acceptors (Lipinski definition) is 8. The Morgan fingerprint density at radius 3 is 2.71 bits per heavy atom. The molecule has 0 radical (unpaired) electrons. The summed E-state index contributed by atoms with van der Waals surface area (Å²) in [6, 6.07) is 5.92. The van der Waals surface area contributed by atoms with Crippen molar-refractivity contribution in [2.45, 2.75) is 43.1 Å². The molecule has 7 nitrogen and oxygen atoms in total. The summed E-state index contributed by atoms with van der Waals surface area (Å²) in [5, 5.41) is 6.91. The highest BCUT2D eigenvalue weighted by atomic mass is 35.5. The monoisotopic (exact) mass is 569 g/mol. The van der Waals surface area contributed by atoms with Crippen LogP contribution in [0, 0.1) is 6.92 Å². The number of thiazole rings is 2. The van der Waals surface area contributed by atoms with Gasteiger partial charge in [0.2, 0.25) is 11.8 Å². The van der Waals surface area contributed by atoms with Crippen molar-refractivity contribution in [1.29, 1.82) is 0 Å². The van der Waals surface area contributed by atoms with Gasteiger partial charge in [-0.25, -0.2) is 9.97 Å². The van der Waals surface area contributed by atoms with E-state index in [4.69, 9.17) is 28.9 Å². The van der Waals surface area contributed by atoms with E-state index in [0.717, 1.165) is 58.6 Å². The normalized spacial score (nSPS) is 14.8. The first-order valence-electron chi connectivity index (χ1n) is 11.1. The predicted molar refractivity (Wildman–Crippen MR) is 144 cm³/mol. The Labute approximate surface area is 226 Å². The van der Waals surface area contributed by atoms with Gasteiger partial charge in [-0.15, -0.1) is 22.7 Å². The molecule has 12 heteroatoms. The molecule has 186 valence electrons. The fourth-order valence-electron chi connectivity index (χ4n) is 3.84. The van der Waals surface area contributed by atoms with E-state index < -0.39 is 5.91 Å². The summed E-state index contributed by atoms with van der Waals surface area (Å²) in [5.41, 5.74) is 8.05. The fourth-order valence-corrected chi connectivity index (χ4v) is 7.00. The predicted octanol–water partition coefficient (Wildman–Crippen LogP) is 4.78. The summed E-state index contributed by atoms with van der Waals surface area (Å²) in [5.74, 6) is -0.0593. The molecule has 4 rings (SSSR count). The lowest BCUT2D eigenvalue weighted by atomic mass is 10.0. The zero-order valence-corrected chi connectivity index (χ0v) is 23.0. The first kappa shape index (κ1) is 26.4. The Morgan fingerprint density at radius 2 is 2.00 bits per heavy atom. The quantitative estimate of drug-likeness (QED) is 0.359. The number of rotatable bonds is 9. The zero-order chi connectivity index (χ0) is 24.9. The summed E-state index contributed by atoms with van der Waals surface area (Å²) >= 11 is 16.5. The van der Waals surface area contributed by atoms with Crippen molar-refractivity contribution in [3.05, 3.63) is 49.9 Å².